The highest BCUT2D eigenvalue weighted by Crippen LogP contribution is 2.25. The van der Waals surface area contributed by atoms with Crippen LogP contribution in [0.1, 0.15) is 48.7 Å². The SMILES string of the molecule is CCCc1[nH]ncc1C(=O)N1CC(CO)CC(CN2CCCC2)C1. The molecule has 2 aliphatic heterocycles. The summed E-state index contributed by atoms with van der Waals surface area (Å²) in [6.45, 7) is 7.11. The highest BCUT2D eigenvalue weighted by Gasteiger charge is 2.32. The van der Waals surface area contributed by atoms with Crippen LogP contribution in [0.5, 0.6) is 0 Å². The van der Waals surface area contributed by atoms with E-state index in [4.69, 9.17) is 0 Å². The average Bonchev–Trinajstić information content (AvgIpc) is 3.26. The fraction of sp³-hybridized carbons (Fsp3) is 0.778. The van der Waals surface area contributed by atoms with E-state index in [1.54, 1.807) is 6.20 Å². The minimum Gasteiger partial charge on any atom is -0.396 e. The lowest BCUT2D eigenvalue weighted by atomic mass is 9.88. The van der Waals surface area contributed by atoms with Crippen molar-refractivity contribution < 1.29 is 9.90 Å². The molecule has 2 saturated heterocycles. The van der Waals surface area contributed by atoms with E-state index in [9.17, 15) is 9.90 Å². The van der Waals surface area contributed by atoms with E-state index in [0.29, 0.717) is 18.0 Å². The van der Waals surface area contributed by atoms with Crippen molar-refractivity contribution in [2.45, 2.75) is 39.0 Å². The molecule has 1 aromatic heterocycles. The predicted molar refractivity (Wildman–Crippen MR) is 92.8 cm³/mol. The van der Waals surface area contributed by atoms with Gasteiger partial charge in [0.05, 0.1) is 11.8 Å². The molecule has 1 aromatic rings. The predicted octanol–water partition coefficient (Wildman–Crippen LogP) is 1.53. The van der Waals surface area contributed by atoms with Gasteiger partial charge in [-0.05, 0) is 50.6 Å². The first kappa shape index (κ1) is 17.4. The summed E-state index contributed by atoms with van der Waals surface area (Å²) in [7, 11) is 0. The number of hydrogen-bond donors (Lipinski definition) is 2. The Labute approximate surface area is 144 Å². The van der Waals surface area contributed by atoms with Crippen LogP contribution in [-0.4, -0.2) is 70.3 Å². The van der Waals surface area contributed by atoms with E-state index in [0.717, 1.165) is 38.0 Å². The Morgan fingerprint density at radius 2 is 2.08 bits per heavy atom. The van der Waals surface area contributed by atoms with Crippen LogP contribution in [0.2, 0.25) is 0 Å². The minimum atomic E-state index is 0.0665. The summed E-state index contributed by atoms with van der Waals surface area (Å²) < 4.78 is 0. The van der Waals surface area contributed by atoms with Crippen LogP contribution >= 0.6 is 0 Å². The summed E-state index contributed by atoms with van der Waals surface area (Å²) in [5, 5.41) is 16.7. The quantitative estimate of drug-likeness (QED) is 0.827. The van der Waals surface area contributed by atoms with Gasteiger partial charge in [-0.1, -0.05) is 13.3 Å². The van der Waals surface area contributed by atoms with E-state index < -0.39 is 0 Å². The molecule has 2 atom stereocenters. The van der Waals surface area contributed by atoms with E-state index in [2.05, 4.69) is 22.0 Å². The average molecular weight is 334 g/mol. The van der Waals surface area contributed by atoms with Crippen LogP contribution in [0.25, 0.3) is 0 Å². The molecule has 3 rings (SSSR count). The second kappa shape index (κ2) is 8.12. The third-order valence-electron chi connectivity index (χ3n) is 5.33. The maximum Gasteiger partial charge on any atom is 0.257 e. The number of amides is 1. The number of aromatic amines is 1. The molecule has 1 amide bonds. The highest BCUT2D eigenvalue weighted by molar-refractivity contribution is 5.95. The molecule has 6 nitrogen and oxygen atoms in total. The maximum absolute atomic E-state index is 13.0. The number of hydrogen-bond acceptors (Lipinski definition) is 4. The van der Waals surface area contributed by atoms with Crippen LogP contribution in [0.4, 0.5) is 0 Å². The number of aliphatic hydroxyl groups is 1. The number of nitrogens with one attached hydrogen (secondary N) is 1. The molecule has 2 fully saturated rings. The number of carbonyl (C=O) groups is 1. The second-order valence-electron chi connectivity index (χ2n) is 7.38. The van der Waals surface area contributed by atoms with E-state index in [1.807, 2.05) is 4.90 Å². The molecule has 2 unspecified atom stereocenters. The summed E-state index contributed by atoms with van der Waals surface area (Å²) >= 11 is 0. The van der Waals surface area contributed by atoms with Crippen molar-refractivity contribution >= 4 is 5.91 Å². The molecule has 0 spiro atoms. The Bertz CT molecular complexity index is 539. The fourth-order valence-electron chi connectivity index (χ4n) is 4.19. The van der Waals surface area contributed by atoms with Crippen molar-refractivity contribution in [3.8, 4) is 0 Å². The Hall–Kier alpha value is -1.40. The van der Waals surface area contributed by atoms with Crippen molar-refractivity contribution in [1.29, 1.82) is 0 Å². The second-order valence-corrected chi connectivity index (χ2v) is 7.38. The van der Waals surface area contributed by atoms with Crippen LogP contribution in [0.3, 0.4) is 0 Å². The summed E-state index contributed by atoms with van der Waals surface area (Å²) in [5.41, 5.74) is 1.64. The van der Waals surface area contributed by atoms with Gasteiger partial charge < -0.3 is 14.9 Å². The molecule has 2 aliphatic rings. The molecular formula is C18H30N4O2. The smallest absolute Gasteiger partial charge is 0.257 e. The minimum absolute atomic E-state index is 0.0665. The van der Waals surface area contributed by atoms with Gasteiger partial charge in [0.15, 0.2) is 0 Å². The first-order valence-electron chi connectivity index (χ1n) is 9.36. The number of carbonyl (C=O) groups excluding carboxylic acids is 1. The standard InChI is InChI=1S/C18H30N4O2/c1-2-5-17-16(9-19-20-17)18(24)22-11-14(8-15(12-22)13-23)10-21-6-3-4-7-21/h9,14-15,23H,2-8,10-13H2,1H3,(H,19,20). The molecule has 0 aliphatic carbocycles. The topological polar surface area (TPSA) is 72.5 Å². The zero-order chi connectivity index (χ0) is 16.9. The lowest BCUT2D eigenvalue weighted by Gasteiger charge is -2.38. The normalized spacial score (nSPS) is 25.3. The van der Waals surface area contributed by atoms with Gasteiger partial charge in [0.1, 0.15) is 0 Å². The summed E-state index contributed by atoms with van der Waals surface area (Å²) in [6, 6.07) is 0. The van der Waals surface area contributed by atoms with Crippen molar-refractivity contribution in [1.82, 2.24) is 20.0 Å². The van der Waals surface area contributed by atoms with Crippen molar-refractivity contribution in [2.24, 2.45) is 11.8 Å². The molecule has 0 radical (unpaired) electrons. The summed E-state index contributed by atoms with van der Waals surface area (Å²) in [4.78, 5) is 17.4. The zero-order valence-corrected chi connectivity index (χ0v) is 14.7. The highest BCUT2D eigenvalue weighted by atomic mass is 16.3. The van der Waals surface area contributed by atoms with Gasteiger partial charge in [0, 0.05) is 31.9 Å². The van der Waals surface area contributed by atoms with E-state index in [-0.39, 0.29) is 18.4 Å². The number of likely N-dealkylation sites (tertiary alicyclic amines) is 2. The van der Waals surface area contributed by atoms with Crippen molar-refractivity contribution in [3.05, 3.63) is 17.5 Å². The first-order chi connectivity index (χ1) is 11.7. The molecule has 3 heterocycles. The van der Waals surface area contributed by atoms with E-state index >= 15 is 0 Å². The maximum atomic E-state index is 13.0. The number of piperidine rings is 1. The van der Waals surface area contributed by atoms with Gasteiger partial charge in [0.2, 0.25) is 0 Å². The van der Waals surface area contributed by atoms with Gasteiger partial charge in [-0.25, -0.2) is 0 Å². The number of aliphatic hydroxyl groups excluding tert-OH is 1. The van der Waals surface area contributed by atoms with Gasteiger partial charge in [-0.3, -0.25) is 9.89 Å². The largest absolute Gasteiger partial charge is 0.396 e. The molecule has 24 heavy (non-hydrogen) atoms. The van der Waals surface area contributed by atoms with Gasteiger partial charge in [0.25, 0.3) is 5.91 Å². The Morgan fingerprint density at radius 3 is 2.79 bits per heavy atom. The Balaban J connectivity index is 1.68. The third-order valence-corrected chi connectivity index (χ3v) is 5.33. The van der Waals surface area contributed by atoms with Crippen LogP contribution < -0.4 is 0 Å². The Kier molecular flexibility index (Phi) is 5.89. The summed E-state index contributed by atoms with van der Waals surface area (Å²) in [6.07, 6.45) is 7.08. The monoisotopic (exact) mass is 334 g/mol. The van der Waals surface area contributed by atoms with Gasteiger partial charge in [-0.2, -0.15) is 5.10 Å². The molecule has 6 heteroatoms. The lowest BCUT2D eigenvalue weighted by Crippen LogP contribution is -2.47. The third kappa shape index (κ3) is 3.98. The first-order valence-corrected chi connectivity index (χ1v) is 9.36. The number of rotatable bonds is 6. The number of nitrogens with zero attached hydrogens (tertiary/aromatic N) is 3. The Morgan fingerprint density at radius 1 is 1.33 bits per heavy atom. The van der Waals surface area contributed by atoms with Gasteiger partial charge in [-0.15, -0.1) is 0 Å². The van der Waals surface area contributed by atoms with Crippen molar-refractivity contribution in [2.75, 3.05) is 39.3 Å². The summed E-state index contributed by atoms with van der Waals surface area (Å²) in [5.74, 6) is 0.716. The molecule has 2 N–H and O–H groups in total. The van der Waals surface area contributed by atoms with Crippen LogP contribution in [0.15, 0.2) is 6.20 Å². The number of H-pyrrole nitrogens is 1. The fourth-order valence-corrected chi connectivity index (χ4v) is 4.19. The molecule has 0 bridgehead atoms. The lowest BCUT2D eigenvalue weighted by molar-refractivity contribution is 0.0464. The molecule has 0 saturated carbocycles. The van der Waals surface area contributed by atoms with Crippen LogP contribution in [0, 0.1) is 11.8 Å². The number of aryl methyl sites for hydroxylation is 1. The number of aromatic nitrogens is 2. The molecular weight excluding hydrogens is 304 g/mol. The van der Waals surface area contributed by atoms with Crippen LogP contribution in [-0.2, 0) is 6.42 Å². The van der Waals surface area contributed by atoms with E-state index in [1.165, 1.54) is 25.9 Å². The van der Waals surface area contributed by atoms with Crippen molar-refractivity contribution in [3.63, 3.8) is 0 Å². The zero-order valence-electron chi connectivity index (χ0n) is 14.7. The van der Waals surface area contributed by atoms with Gasteiger partial charge >= 0.3 is 0 Å². The molecule has 0 aromatic carbocycles. The molecule has 134 valence electrons.